The van der Waals surface area contributed by atoms with Crippen LogP contribution >= 0.6 is 18.5 Å². The van der Waals surface area contributed by atoms with Gasteiger partial charge in [-0.2, -0.15) is 0 Å². The van der Waals surface area contributed by atoms with Crippen LogP contribution in [0.1, 0.15) is 0 Å². The van der Waals surface area contributed by atoms with Crippen molar-refractivity contribution in [1.82, 2.24) is 0 Å². The van der Waals surface area contributed by atoms with E-state index in [1.165, 1.54) is 5.49 Å². The zero-order valence-electron chi connectivity index (χ0n) is 2.56. The van der Waals surface area contributed by atoms with Crippen LogP contribution in [0.15, 0.2) is 0 Å². The lowest BCUT2D eigenvalue weighted by atomic mass is 11.9. The van der Waals surface area contributed by atoms with Crippen LogP contribution < -0.4 is 0 Å². The second-order valence-corrected chi connectivity index (χ2v) is 6.08. The fourth-order valence-electron chi connectivity index (χ4n) is 0.0577. The van der Waals surface area contributed by atoms with E-state index in [0.717, 1.165) is 0 Å². The minimum atomic E-state index is 0.546. The summed E-state index contributed by atoms with van der Waals surface area (Å²) in [6.45, 7) is 2.31. The molecule has 1 aliphatic rings. The predicted molar refractivity (Wildman–Crippen MR) is 25.3 cm³/mol. The fourth-order valence-corrected chi connectivity index (χ4v) is 1.56. The van der Waals surface area contributed by atoms with E-state index in [0.29, 0.717) is 7.12 Å². The van der Waals surface area contributed by atoms with Crippen LogP contribution in [-0.2, 0) is 0 Å². The maximum atomic E-state index is 2.31. The van der Waals surface area contributed by atoms with E-state index in [1.807, 2.05) is 0 Å². The van der Waals surface area contributed by atoms with Gasteiger partial charge >= 0.3 is 0 Å². The van der Waals surface area contributed by atoms with Gasteiger partial charge in [0.1, 0.15) is 0 Å². The summed E-state index contributed by atoms with van der Waals surface area (Å²) in [6, 6.07) is 0. The van der Waals surface area contributed by atoms with Crippen molar-refractivity contribution in [2.45, 2.75) is 0 Å². The second-order valence-electron chi connectivity index (χ2n) is 0.886. The first-order chi connectivity index (χ1) is 1.89. The van der Waals surface area contributed by atoms with Crippen LogP contribution in [0.5, 0.6) is 0 Å². The Morgan fingerprint density at radius 3 is 2.25 bits per heavy atom. The first kappa shape index (κ1) is 2.99. The molecule has 0 aromatic rings. The van der Waals surface area contributed by atoms with Crippen molar-refractivity contribution in [2.24, 2.45) is 0 Å². The molecule has 2 heteroatoms. The first-order valence-electron chi connectivity index (χ1n) is 1.23. The lowest BCUT2D eigenvalue weighted by molar-refractivity contribution is 2.28. The fraction of sp³-hybridized carbons (Fsp3) is 1.00. The standard InChI is InChI=1S/C2H5PS/c1-3-2-4-3/h2H2,1H3. The summed E-state index contributed by atoms with van der Waals surface area (Å²) in [4.78, 5) is 0. The molecule has 24 valence electrons. The van der Waals surface area contributed by atoms with Crippen LogP contribution in [0.4, 0.5) is 0 Å². The third-order valence-corrected chi connectivity index (χ3v) is 3.49. The Labute approximate surface area is 31.5 Å². The Hall–Kier alpha value is 0.780. The molecule has 0 N–H and O–H groups in total. The third-order valence-electron chi connectivity index (χ3n) is 0.387. The molecule has 0 amide bonds. The zero-order chi connectivity index (χ0) is 2.99. The topological polar surface area (TPSA) is 0 Å². The van der Waals surface area contributed by atoms with Gasteiger partial charge in [0.2, 0.25) is 0 Å². The van der Waals surface area contributed by atoms with Gasteiger partial charge in [-0.25, -0.2) is 0 Å². The highest BCUT2D eigenvalue weighted by molar-refractivity contribution is 8.70. The molecule has 1 heterocycles. The third kappa shape index (κ3) is 0.616. The molecule has 1 fully saturated rings. The summed E-state index contributed by atoms with van der Waals surface area (Å²) in [6.07, 6.45) is 0. The van der Waals surface area contributed by atoms with Gasteiger partial charge in [-0.3, -0.25) is 0 Å². The van der Waals surface area contributed by atoms with Crippen molar-refractivity contribution in [2.75, 3.05) is 12.2 Å². The molecule has 0 aromatic heterocycles. The van der Waals surface area contributed by atoms with Gasteiger partial charge in [0.05, 0.1) is 0 Å². The van der Waals surface area contributed by atoms with E-state index in [9.17, 15) is 0 Å². The van der Waals surface area contributed by atoms with Crippen molar-refractivity contribution in [3.63, 3.8) is 0 Å². The molecule has 1 unspecified atom stereocenters. The van der Waals surface area contributed by atoms with E-state index < -0.39 is 0 Å². The number of hydrogen-bond acceptors (Lipinski definition) is 1. The van der Waals surface area contributed by atoms with Crippen LogP contribution in [0, 0.1) is 0 Å². The SMILES string of the molecule is CP1CS1. The normalized spacial score (nSPS) is 39.8. The lowest BCUT2D eigenvalue weighted by Crippen LogP contribution is -1.18. The molecular formula is C2H5PS. The highest BCUT2D eigenvalue weighted by Gasteiger charge is 2.13. The van der Waals surface area contributed by atoms with E-state index in [-0.39, 0.29) is 0 Å². The van der Waals surface area contributed by atoms with E-state index >= 15 is 0 Å². The van der Waals surface area contributed by atoms with Crippen molar-refractivity contribution in [1.29, 1.82) is 0 Å². The van der Waals surface area contributed by atoms with Crippen LogP contribution in [0.2, 0.25) is 0 Å². The van der Waals surface area contributed by atoms with Gasteiger partial charge in [-0.05, 0) is 13.8 Å². The maximum Gasteiger partial charge on any atom is 0.0268 e. The zero-order valence-corrected chi connectivity index (χ0v) is 4.27. The van der Waals surface area contributed by atoms with E-state index in [2.05, 4.69) is 18.0 Å². The van der Waals surface area contributed by atoms with Gasteiger partial charge in [0.25, 0.3) is 0 Å². The quantitative estimate of drug-likeness (QED) is 0.324. The summed E-state index contributed by atoms with van der Waals surface area (Å²) in [5.74, 6) is 0. The Kier molecular flexibility index (Phi) is 0.653. The molecule has 1 aliphatic heterocycles. The summed E-state index contributed by atoms with van der Waals surface area (Å²) in [5.41, 5.74) is 1.47. The summed E-state index contributed by atoms with van der Waals surface area (Å²) >= 11 is 2.09. The summed E-state index contributed by atoms with van der Waals surface area (Å²) < 4.78 is 0. The Morgan fingerprint density at radius 2 is 2.25 bits per heavy atom. The minimum absolute atomic E-state index is 0.546. The molecule has 0 nitrogen and oxygen atoms in total. The molecule has 1 saturated heterocycles. The molecule has 0 aliphatic carbocycles. The molecule has 0 aromatic carbocycles. The number of hydrogen-bond donors (Lipinski definition) is 0. The van der Waals surface area contributed by atoms with Gasteiger partial charge in [0.15, 0.2) is 0 Å². The average molecular weight is 92.1 g/mol. The second kappa shape index (κ2) is 0.874. The monoisotopic (exact) mass is 92.0 g/mol. The van der Waals surface area contributed by atoms with Gasteiger partial charge < -0.3 is 0 Å². The molecule has 4 heavy (non-hydrogen) atoms. The Balaban J connectivity index is 2.17. The summed E-state index contributed by atoms with van der Waals surface area (Å²) in [5, 5.41) is 0. The average Bonchev–Trinajstić information content (AvgIpc) is 1.75. The van der Waals surface area contributed by atoms with Crippen LogP contribution in [0.25, 0.3) is 0 Å². The van der Waals surface area contributed by atoms with Crippen molar-refractivity contribution in [3.05, 3.63) is 0 Å². The van der Waals surface area contributed by atoms with Crippen molar-refractivity contribution < 1.29 is 0 Å². The first-order valence-corrected chi connectivity index (χ1v) is 4.80. The molecule has 1 rings (SSSR count). The molecule has 0 radical (unpaired) electrons. The minimum Gasteiger partial charge on any atom is -0.128 e. The number of rotatable bonds is 0. The summed E-state index contributed by atoms with van der Waals surface area (Å²) in [7, 11) is 0.546. The van der Waals surface area contributed by atoms with Gasteiger partial charge in [-0.1, -0.05) is 0 Å². The smallest absolute Gasteiger partial charge is 0.0268 e. The maximum absolute atomic E-state index is 2.31. The van der Waals surface area contributed by atoms with Crippen LogP contribution in [-0.4, -0.2) is 12.2 Å². The highest BCUT2D eigenvalue weighted by Crippen LogP contribution is 2.66. The largest absolute Gasteiger partial charge is 0.128 e. The molecule has 1 atom stereocenters. The van der Waals surface area contributed by atoms with Gasteiger partial charge in [0, 0.05) is 5.49 Å². The predicted octanol–water partition coefficient (Wildman–Crippen LogP) is 1.72. The van der Waals surface area contributed by atoms with Crippen molar-refractivity contribution >= 4 is 18.5 Å². The Bertz CT molecular complexity index is 25.2. The molecule has 0 bridgehead atoms. The Morgan fingerprint density at radius 1 is 2.00 bits per heavy atom. The highest BCUT2D eigenvalue weighted by atomic mass is 32.8. The van der Waals surface area contributed by atoms with Crippen LogP contribution in [0.3, 0.4) is 0 Å². The lowest BCUT2D eigenvalue weighted by Gasteiger charge is -1.52. The molecule has 0 saturated carbocycles. The van der Waals surface area contributed by atoms with Crippen molar-refractivity contribution in [3.8, 4) is 0 Å². The van der Waals surface area contributed by atoms with E-state index in [1.54, 1.807) is 0 Å². The van der Waals surface area contributed by atoms with E-state index in [4.69, 9.17) is 0 Å². The molecule has 0 spiro atoms. The molecular weight excluding hydrogens is 87.1 g/mol. The van der Waals surface area contributed by atoms with Gasteiger partial charge in [-0.15, -0.1) is 11.4 Å².